The van der Waals surface area contributed by atoms with Crippen molar-refractivity contribution < 1.29 is 9.50 Å². The average Bonchev–Trinajstić information content (AvgIpc) is 2.21. The fourth-order valence-corrected chi connectivity index (χ4v) is 1.51. The van der Waals surface area contributed by atoms with Gasteiger partial charge in [0.25, 0.3) is 0 Å². The Hall–Kier alpha value is -1.09. The summed E-state index contributed by atoms with van der Waals surface area (Å²) < 4.78 is 13.0. The molecule has 15 heavy (non-hydrogen) atoms. The number of benzene rings is 1. The number of halogens is 1. The molecule has 0 aromatic heterocycles. The van der Waals surface area contributed by atoms with Crippen LogP contribution in [0.5, 0.6) is 5.75 Å². The number of hydrogen-bond acceptors (Lipinski definition) is 2. The van der Waals surface area contributed by atoms with E-state index < -0.39 is 0 Å². The van der Waals surface area contributed by atoms with Gasteiger partial charge in [-0.05, 0) is 38.5 Å². The molecule has 1 rings (SSSR count). The molecule has 0 aliphatic heterocycles. The summed E-state index contributed by atoms with van der Waals surface area (Å²) in [5.74, 6) is -0.180. The molecule has 2 unspecified atom stereocenters. The van der Waals surface area contributed by atoms with Crippen LogP contribution in [0.2, 0.25) is 0 Å². The van der Waals surface area contributed by atoms with E-state index in [2.05, 4.69) is 19.2 Å². The molecular weight excluding hydrogens is 193 g/mol. The predicted molar refractivity (Wildman–Crippen MR) is 59.4 cm³/mol. The smallest absolute Gasteiger partial charge is 0.123 e. The second-order valence-electron chi connectivity index (χ2n) is 3.90. The molecule has 84 valence electrons. The van der Waals surface area contributed by atoms with Crippen LogP contribution >= 0.6 is 0 Å². The van der Waals surface area contributed by atoms with Gasteiger partial charge in [0, 0.05) is 17.6 Å². The lowest BCUT2D eigenvalue weighted by Crippen LogP contribution is -2.28. The normalized spacial score (nSPS) is 14.9. The summed E-state index contributed by atoms with van der Waals surface area (Å²) in [6, 6.07) is 4.32. The largest absolute Gasteiger partial charge is 0.508 e. The fraction of sp³-hybridized carbons (Fsp3) is 0.500. The van der Waals surface area contributed by atoms with Gasteiger partial charge in [-0.2, -0.15) is 0 Å². The molecule has 0 heterocycles. The van der Waals surface area contributed by atoms with Crippen molar-refractivity contribution in [1.29, 1.82) is 0 Å². The second-order valence-corrected chi connectivity index (χ2v) is 3.90. The summed E-state index contributed by atoms with van der Waals surface area (Å²) in [5, 5.41) is 12.9. The summed E-state index contributed by atoms with van der Waals surface area (Å²) >= 11 is 0. The maximum Gasteiger partial charge on any atom is 0.123 e. The molecule has 0 aliphatic carbocycles. The topological polar surface area (TPSA) is 32.3 Å². The van der Waals surface area contributed by atoms with Crippen LogP contribution in [-0.2, 0) is 0 Å². The first-order valence-corrected chi connectivity index (χ1v) is 5.29. The highest BCUT2D eigenvalue weighted by molar-refractivity contribution is 5.34. The predicted octanol–water partition coefficient (Wildman–Crippen LogP) is 2.98. The Bertz CT molecular complexity index is 327. The van der Waals surface area contributed by atoms with Crippen LogP contribution < -0.4 is 5.32 Å². The van der Waals surface area contributed by atoms with Crippen molar-refractivity contribution in [3.8, 4) is 5.75 Å². The van der Waals surface area contributed by atoms with Crippen LogP contribution in [0, 0.1) is 5.82 Å². The Morgan fingerprint density at radius 2 is 2.07 bits per heavy atom. The number of phenols is 1. The third kappa shape index (κ3) is 3.20. The van der Waals surface area contributed by atoms with Gasteiger partial charge in [-0.1, -0.05) is 6.92 Å². The van der Waals surface area contributed by atoms with E-state index in [9.17, 15) is 9.50 Å². The molecule has 2 nitrogen and oxygen atoms in total. The molecule has 2 atom stereocenters. The third-order valence-electron chi connectivity index (χ3n) is 2.60. The molecule has 1 aromatic carbocycles. The molecule has 1 aromatic rings. The molecule has 2 N–H and O–H groups in total. The zero-order chi connectivity index (χ0) is 11.4. The van der Waals surface area contributed by atoms with E-state index in [1.54, 1.807) is 0 Å². The van der Waals surface area contributed by atoms with E-state index in [4.69, 9.17) is 0 Å². The first-order valence-electron chi connectivity index (χ1n) is 5.29. The lowest BCUT2D eigenvalue weighted by molar-refractivity contribution is 0.427. The minimum absolute atomic E-state index is 0.0457. The van der Waals surface area contributed by atoms with Crippen molar-refractivity contribution in [1.82, 2.24) is 5.32 Å². The van der Waals surface area contributed by atoms with Crippen LogP contribution in [0.4, 0.5) is 4.39 Å². The maximum atomic E-state index is 13.0. The number of nitrogens with one attached hydrogen (secondary N) is 1. The number of phenolic OH excluding ortho intramolecular Hbond substituents is 1. The first kappa shape index (κ1) is 12.0. The lowest BCUT2D eigenvalue weighted by Gasteiger charge is -2.20. The number of aromatic hydroxyl groups is 1. The second kappa shape index (κ2) is 5.12. The standard InChI is InChI=1S/C12H18FNO/c1-4-8(2)14-9(3)11-7-10(13)5-6-12(11)15/h5-9,14-15H,4H2,1-3H3. The van der Waals surface area contributed by atoms with E-state index >= 15 is 0 Å². The van der Waals surface area contributed by atoms with Gasteiger partial charge in [0.1, 0.15) is 11.6 Å². The van der Waals surface area contributed by atoms with Crippen LogP contribution in [0.3, 0.4) is 0 Å². The van der Waals surface area contributed by atoms with Crippen molar-refractivity contribution in [3.05, 3.63) is 29.6 Å². The van der Waals surface area contributed by atoms with E-state index in [-0.39, 0.29) is 17.6 Å². The van der Waals surface area contributed by atoms with Crippen LogP contribution in [0.15, 0.2) is 18.2 Å². The molecule has 0 aliphatic rings. The molecule has 0 saturated carbocycles. The summed E-state index contributed by atoms with van der Waals surface area (Å²) in [4.78, 5) is 0. The summed E-state index contributed by atoms with van der Waals surface area (Å²) in [6.45, 7) is 6.06. The molecule has 0 fully saturated rings. The quantitative estimate of drug-likeness (QED) is 0.802. The Labute approximate surface area is 90.1 Å². The minimum Gasteiger partial charge on any atom is -0.508 e. The molecule has 0 bridgehead atoms. The van der Waals surface area contributed by atoms with Crippen molar-refractivity contribution in [2.75, 3.05) is 0 Å². The minimum atomic E-state index is -0.319. The van der Waals surface area contributed by atoms with Gasteiger partial charge in [-0.15, -0.1) is 0 Å². The fourth-order valence-electron chi connectivity index (χ4n) is 1.51. The van der Waals surface area contributed by atoms with Crippen molar-refractivity contribution in [3.63, 3.8) is 0 Å². The SMILES string of the molecule is CCC(C)NC(C)c1cc(F)ccc1O. The van der Waals surface area contributed by atoms with Gasteiger partial charge in [0.15, 0.2) is 0 Å². The molecule has 0 amide bonds. The Balaban J connectivity index is 2.80. The highest BCUT2D eigenvalue weighted by atomic mass is 19.1. The highest BCUT2D eigenvalue weighted by Crippen LogP contribution is 2.25. The monoisotopic (exact) mass is 211 g/mol. The van der Waals surface area contributed by atoms with Gasteiger partial charge in [-0.25, -0.2) is 4.39 Å². The van der Waals surface area contributed by atoms with E-state index in [1.165, 1.54) is 18.2 Å². The Morgan fingerprint density at radius 1 is 1.40 bits per heavy atom. The molecule has 0 saturated heterocycles. The van der Waals surface area contributed by atoms with Crippen molar-refractivity contribution in [2.24, 2.45) is 0 Å². The number of rotatable bonds is 4. The Morgan fingerprint density at radius 3 is 2.67 bits per heavy atom. The van der Waals surface area contributed by atoms with Crippen molar-refractivity contribution >= 4 is 0 Å². The average molecular weight is 211 g/mol. The van der Waals surface area contributed by atoms with Crippen LogP contribution in [-0.4, -0.2) is 11.1 Å². The zero-order valence-corrected chi connectivity index (χ0v) is 9.42. The highest BCUT2D eigenvalue weighted by Gasteiger charge is 2.12. The van der Waals surface area contributed by atoms with Gasteiger partial charge < -0.3 is 10.4 Å². The van der Waals surface area contributed by atoms with Gasteiger partial charge in [0.2, 0.25) is 0 Å². The summed E-state index contributed by atoms with van der Waals surface area (Å²) in [6.07, 6.45) is 1.00. The molecule has 3 heteroatoms. The van der Waals surface area contributed by atoms with E-state index in [0.717, 1.165) is 6.42 Å². The Kier molecular flexibility index (Phi) is 4.09. The van der Waals surface area contributed by atoms with Gasteiger partial charge in [-0.3, -0.25) is 0 Å². The lowest BCUT2D eigenvalue weighted by atomic mass is 10.1. The van der Waals surface area contributed by atoms with Gasteiger partial charge >= 0.3 is 0 Å². The van der Waals surface area contributed by atoms with Crippen LogP contribution in [0.25, 0.3) is 0 Å². The molecule has 0 spiro atoms. The van der Waals surface area contributed by atoms with Crippen LogP contribution in [0.1, 0.15) is 38.8 Å². The summed E-state index contributed by atoms with van der Waals surface area (Å²) in [5.41, 5.74) is 0.607. The van der Waals surface area contributed by atoms with Crippen molar-refractivity contribution in [2.45, 2.75) is 39.3 Å². The van der Waals surface area contributed by atoms with E-state index in [1.807, 2.05) is 6.92 Å². The zero-order valence-electron chi connectivity index (χ0n) is 9.42. The third-order valence-corrected chi connectivity index (χ3v) is 2.60. The summed E-state index contributed by atoms with van der Waals surface area (Å²) in [7, 11) is 0. The number of hydrogen-bond donors (Lipinski definition) is 2. The van der Waals surface area contributed by atoms with Gasteiger partial charge in [0.05, 0.1) is 0 Å². The maximum absolute atomic E-state index is 13.0. The molecular formula is C12H18FNO. The first-order chi connectivity index (χ1) is 7.04. The van der Waals surface area contributed by atoms with E-state index in [0.29, 0.717) is 11.6 Å². The molecule has 0 radical (unpaired) electrons.